The van der Waals surface area contributed by atoms with Crippen molar-refractivity contribution in [3.05, 3.63) is 24.3 Å². The zero-order valence-corrected chi connectivity index (χ0v) is 10.1. The average Bonchev–Trinajstić information content (AvgIpc) is 2.82. The summed E-state index contributed by atoms with van der Waals surface area (Å²) in [5, 5.41) is 0. The highest BCUT2D eigenvalue weighted by Gasteiger charge is 2.19. The van der Waals surface area contributed by atoms with Crippen molar-refractivity contribution >= 4 is 17.1 Å². The maximum absolute atomic E-state index is 5.77. The summed E-state index contributed by atoms with van der Waals surface area (Å²) in [4.78, 5) is 9.20. The molecule has 0 saturated carbocycles. The number of likely N-dealkylation sites (N-methyl/N-ethyl adjacent to an activating group) is 1. The molecular formula is C13H17N3O. The van der Waals surface area contributed by atoms with Gasteiger partial charge in [0.2, 0.25) is 0 Å². The topological polar surface area (TPSA) is 32.5 Å². The highest BCUT2D eigenvalue weighted by molar-refractivity contribution is 5.74. The molecule has 0 atom stereocenters. The molecule has 0 N–H and O–H groups in total. The van der Waals surface area contributed by atoms with Crippen LogP contribution >= 0.6 is 0 Å². The number of hydrogen-bond donors (Lipinski definition) is 0. The van der Waals surface area contributed by atoms with Crippen LogP contribution in [0.1, 0.15) is 6.92 Å². The summed E-state index contributed by atoms with van der Waals surface area (Å²) < 4.78 is 5.77. The fourth-order valence-corrected chi connectivity index (χ4v) is 2.25. The van der Waals surface area contributed by atoms with E-state index in [9.17, 15) is 0 Å². The van der Waals surface area contributed by atoms with Gasteiger partial charge in [0.25, 0.3) is 6.01 Å². The Hall–Kier alpha value is -1.55. The van der Waals surface area contributed by atoms with Crippen LogP contribution in [0.15, 0.2) is 28.7 Å². The van der Waals surface area contributed by atoms with Crippen LogP contribution in [0, 0.1) is 0 Å². The number of nitrogens with zero attached hydrogens (tertiary/aromatic N) is 3. The van der Waals surface area contributed by atoms with Crippen molar-refractivity contribution in [1.29, 1.82) is 0 Å². The summed E-state index contributed by atoms with van der Waals surface area (Å²) in [6.07, 6.45) is 0. The number of oxazole rings is 1. The fraction of sp³-hybridized carbons (Fsp3) is 0.462. The first-order valence-electron chi connectivity index (χ1n) is 6.19. The molecule has 1 aliphatic rings. The molecule has 1 aromatic carbocycles. The molecule has 1 fully saturated rings. The lowest BCUT2D eigenvalue weighted by Gasteiger charge is -2.32. The Morgan fingerprint density at radius 3 is 2.65 bits per heavy atom. The van der Waals surface area contributed by atoms with Crippen LogP contribution in [0.25, 0.3) is 11.1 Å². The van der Waals surface area contributed by atoms with Gasteiger partial charge >= 0.3 is 0 Å². The van der Waals surface area contributed by atoms with Crippen LogP contribution < -0.4 is 4.90 Å². The number of rotatable bonds is 2. The summed E-state index contributed by atoms with van der Waals surface area (Å²) >= 11 is 0. The molecule has 17 heavy (non-hydrogen) atoms. The van der Waals surface area contributed by atoms with Gasteiger partial charge in [0.1, 0.15) is 5.52 Å². The Bertz CT molecular complexity index is 467. The summed E-state index contributed by atoms with van der Waals surface area (Å²) in [7, 11) is 0. The summed E-state index contributed by atoms with van der Waals surface area (Å²) in [5.41, 5.74) is 1.82. The number of benzene rings is 1. The molecule has 0 amide bonds. The molecule has 3 rings (SSSR count). The van der Waals surface area contributed by atoms with E-state index in [4.69, 9.17) is 4.42 Å². The van der Waals surface area contributed by atoms with Gasteiger partial charge in [0, 0.05) is 26.2 Å². The molecule has 1 aromatic heterocycles. The molecule has 2 heterocycles. The maximum Gasteiger partial charge on any atom is 0.298 e. The van der Waals surface area contributed by atoms with Crippen molar-refractivity contribution in [2.45, 2.75) is 6.92 Å². The van der Waals surface area contributed by atoms with Crippen LogP contribution in [0.5, 0.6) is 0 Å². The minimum Gasteiger partial charge on any atom is -0.423 e. The van der Waals surface area contributed by atoms with Crippen LogP contribution in [-0.2, 0) is 0 Å². The van der Waals surface area contributed by atoms with Crippen molar-refractivity contribution in [2.75, 3.05) is 37.6 Å². The van der Waals surface area contributed by atoms with E-state index in [0.717, 1.165) is 49.8 Å². The first-order valence-corrected chi connectivity index (χ1v) is 6.19. The van der Waals surface area contributed by atoms with E-state index in [0.29, 0.717) is 0 Å². The smallest absolute Gasteiger partial charge is 0.298 e. The van der Waals surface area contributed by atoms with E-state index >= 15 is 0 Å². The van der Waals surface area contributed by atoms with Crippen LogP contribution in [0.3, 0.4) is 0 Å². The number of para-hydroxylation sites is 2. The molecule has 0 radical (unpaired) electrons. The van der Waals surface area contributed by atoms with E-state index in [2.05, 4.69) is 21.7 Å². The monoisotopic (exact) mass is 231 g/mol. The van der Waals surface area contributed by atoms with Gasteiger partial charge in [0.05, 0.1) is 0 Å². The standard InChI is InChI=1S/C13H17N3O/c1-2-15-7-9-16(10-8-15)13-14-11-5-3-4-6-12(11)17-13/h3-6H,2,7-10H2,1H3. The minimum atomic E-state index is 0.766. The molecule has 0 bridgehead atoms. The van der Waals surface area contributed by atoms with E-state index in [-0.39, 0.29) is 0 Å². The normalized spacial score (nSPS) is 17.8. The zero-order valence-electron chi connectivity index (χ0n) is 10.1. The third-order valence-corrected chi connectivity index (χ3v) is 3.37. The Kier molecular flexibility index (Phi) is 2.73. The first kappa shape index (κ1) is 10.6. The van der Waals surface area contributed by atoms with Gasteiger partial charge in [-0.05, 0) is 18.7 Å². The van der Waals surface area contributed by atoms with E-state index in [1.165, 1.54) is 0 Å². The lowest BCUT2D eigenvalue weighted by molar-refractivity contribution is 0.266. The molecule has 0 spiro atoms. The lowest BCUT2D eigenvalue weighted by atomic mass is 10.3. The molecular weight excluding hydrogens is 214 g/mol. The van der Waals surface area contributed by atoms with Crippen molar-refractivity contribution in [2.24, 2.45) is 0 Å². The fourth-order valence-electron chi connectivity index (χ4n) is 2.25. The number of anilines is 1. The van der Waals surface area contributed by atoms with Crippen LogP contribution in [0.4, 0.5) is 6.01 Å². The van der Waals surface area contributed by atoms with E-state index in [1.807, 2.05) is 24.3 Å². The number of piperazine rings is 1. The first-order chi connectivity index (χ1) is 8.36. The molecule has 0 aliphatic carbocycles. The molecule has 1 aliphatic heterocycles. The van der Waals surface area contributed by atoms with Gasteiger partial charge < -0.3 is 14.2 Å². The molecule has 0 unspecified atom stereocenters. The maximum atomic E-state index is 5.77. The summed E-state index contributed by atoms with van der Waals surface area (Å²) in [5.74, 6) is 0. The van der Waals surface area contributed by atoms with Gasteiger partial charge in [-0.1, -0.05) is 19.1 Å². The summed E-state index contributed by atoms with van der Waals surface area (Å²) in [6.45, 7) is 7.52. The predicted molar refractivity (Wildman–Crippen MR) is 68.3 cm³/mol. The quantitative estimate of drug-likeness (QED) is 0.791. The molecule has 1 saturated heterocycles. The molecule has 4 heteroatoms. The van der Waals surface area contributed by atoms with Crippen molar-refractivity contribution < 1.29 is 4.42 Å². The second kappa shape index (κ2) is 4.37. The number of hydrogen-bond acceptors (Lipinski definition) is 4. The third kappa shape index (κ3) is 2.00. The third-order valence-electron chi connectivity index (χ3n) is 3.37. The van der Waals surface area contributed by atoms with Crippen LogP contribution in [0.2, 0.25) is 0 Å². The number of aromatic nitrogens is 1. The van der Waals surface area contributed by atoms with E-state index in [1.54, 1.807) is 0 Å². The molecule has 90 valence electrons. The Labute approximate surface area is 101 Å². The second-order valence-corrected chi connectivity index (χ2v) is 4.39. The second-order valence-electron chi connectivity index (χ2n) is 4.39. The van der Waals surface area contributed by atoms with Crippen molar-refractivity contribution in [1.82, 2.24) is 9.88 Å². The van der Waals surface area contributed by atoms with Crippen molar-refractivity contribution in [3.8, 4) is 0 Å². The van der Waals surface area contributed by atoms with Gasteiger partial charge in [-0.25, -0.2) is 0 Å². The average molecular weight is 231 g/mol. The minimum absolute atomic E-state index is 0.766. The van der Waals surface area contributed by atoms with Gasteiger partial charge in [-0.15, -0.1) is 0 Å². The SMILES string of the molecule is CCN1CCN(c2nc3ccccc3o2)CC1. The Balaban J connectivity index is 1.80. The van der Waals surface area contributed by atoms with Gasteiger partial charge in [0.15, 0.2) is 5.58 Å². The zero-order chi connectivity index (χ0) is 11.7. The predicted octanol–water partition coefficient (Wildman–Crippen LogP) is 1.97. The summed E-state index contributed by atoms with van der Waals surface area (Å²) in [6, 6.07) is 8.69. The largest absolute Gasteiger partial charge is 0.423 e. The highest BCUT2D eigenvalue weighted by atomic mass is 16.4. The van der Waals surface area contributed by atoms with Gasteiger partial charge in [-0.2, -0.15) is 4.98 Å². The molecule has 2 aromatic rings. The van der Waals surface area contributed by atoms with Crippen molar-refractivity contribution in [3.63, 3.8) is 0 Å². The Morgan fingerprint density at radius 2 is 1.94 bits per heavy atom. The van der Waals surface area contributed by atoms with Crippen LogP contribution in [-0.4, -0.2) is 42.6 Å². The molecule has 4 nitrogen and oxygen atoms in total. The van der Waals surface area contributed by atoms with E-state index < -0.39 is 0 Å². The Morgan fingerprint density at radius 1 is 1.18 bits per heavy atom. The highest BCUT2D eigenvalue weighted by Crippen LogP contribution is 2.22. The number of fused-ring (bicyclic) bond motifs is 1. The van der Waals surface area contributed by atoms with Gasteiger partial charge in [-0.3, -0.25) is 0 Å². The lowest BCUT2D eigenvalue weighted by Crippen LogP contribution is -2.46.